The Morgan fingerprint density at radius 3 is 2.75 bits per heavy atom. The molecule has 0 fully saturated rings. The minimum absolute atomic E-state index is 0.0733. The number of pyridine rings is 1. The maximum atomic E-state index is 13.2. The summed E-state index contributed by atoms with van der Waals surface area (Å²) in [6.45, 7) is 1.14. The van der Waals surface area contributed by atoms with Crippen molar-refractivity contribution in [1.82, 2.24) is 4.98 Å². The van der Waals surface area contributed by atoms with Crippen LogP contribution in [-0.2, 0) is 16.0 Å². The molecule has 2 heterocycles. The molecule has 0 spiro atoms. The highest BCUT2D eigenvalue weighted by Crippen LogP contribution is 2.37. The number of rotatable bonds is 6. The van der Waals surface area contributed by atoms with Crippen molar-refractivity contribution in [2.75, 3.05) is 11.9 Å². The van der Waals surface area contributed by atoms with Gasteiger partial charge in [-0.1, -0.05) is 18.2 Å². The predicted molar refractivity (Wildman–Crippen MR) is 133 cm³/mol. The lowest BCUT2D eigenvalue weighted by Gasteiger charge is -2.13. The van der Waals surface area contributed by atoms with E-state index in [9.17, 15) is 19.7 Å². The second-order valence-electron chi connectivity index (χ2n) is 8.40. The van der Waals surface area contributed by atoms with Gasteiger partial charge in [0, 0.05) is 23.2 Å². The molecule has 180 valence electrons. The number of para-hydroxylation sites is 1. The summed E-state index contributed by atoms with van der Waals surface area (Å²) < 4.78 is 10.9. The summed E-state index contributed by atoms with van der Waals surface area (Å²) in [4.78, 5) is 40.9. The van der Waals surface area contributed by atoms with Crippen LogP contribution in [0.25, 0.3) is 22.6 Å². The molecule has 1 amide bonds. The van der Waals surface area contributed by atoms with Crippen molar-refractivity contribution in [2.45, 2.75) is 19.8 Å². The standard InChI is InChI=1S/C27H21N3O6/c1-16-13-18(30(33)34)9-11-22(16)28-24(31)15-36-27(32)25-20-6-2-3-7-23(20)29-26-17(8-10-21(25)26)14-19-5-4-12-35-19/h2-7,9,11-14H,8,10,15H2,1H3,(H,28,31)/b17-14+. The van der Waals surface area contributed by atoms with Gasteiger partial charge in [-0.2, -0.15) is 0 Å². The largest absolute Gasteiger partial charge is 0.465 e. The number of carbonyl (C=O) groups is 2. The third-order valence-corrected chi connectivity index (χ3v) is 6.03. The molecule has 0 aliphatic heterocycles. The SMILES string of the molecule is Cc1cc([N+](=O)[O-])ccc1NC(=O)COC(=O)c1c2c(nc3ccccc13)/C(=C/c1ccco1)CC2. The predicted octanol–water partition coefficient (Wildman–Crippen LogP) is 5.33. The van der Waals surface area contributed by atoms with Crippen LogP contribution in [-0.4, -0.2) is 28.4 Å². The van der Waals surface area contributed by atoms with Crippen LogP contribution in [0, 0.1) is 17.0 Å². The molecule has 9 nitrogen and oxygen atoms in total. The van der Waals surface area contributed by atoms with E-state index in [1.54, 1.807) is 13.2 Å². The number of hydrogen-bond donors (Lipinski definition) is 1. The number of non-ortho nitro benzene ring substituents is 1. The molecule has 1 aliphatic carbocycles. The van der Waals surface area contributed by atoms with Crippen molar-refractivity contribution in [3.63, 3.8) is 0 Å². The van der Waals surface area contributed by atoms with Crippen LogP contribution in [0.1, 0.15) is 39.4 Å². The Labute approximate surface area is 205 Å². The van der Waals surface area contributed by atoms with Gasteiger partial charge >= 0.3 is 5.97 Å². The van der Waals surface area contributed by atoms with E-state index in [4.69, 9.17) is 14.1 Å². The van der Waals surface area contributed by atoms with E-state index in [2.05, 4.69) is 5.32 Å². The summed E-state index contributed by atoms with van der Waals surface area (Å²) in [5, 5.41) is 14.2. The quantitative estimate of drug-likeness (QED) is 0.223. The summed E-state index contributed by atoms with van der Waals surface area (Å²) in [7, 11) is 0. The second-order valence-corrected chi connectivity index (χ2v) is 8.40. The molecule has 4 aromatic rings. The van der Waals surface area contributed by atoms with Crippen LogP contribution in [0.2, 0.25) is 0 Å². The van der Waals surface area contributed by atoms with E-state index in [0.29, 0.717) is 46.3 Å². The number of nitro benzene ring substituents is 1. The van der Waals surface area contributed by atoms with Crippen molar-refractivity contribution in [2.24, 2.45) is 0 Å². The average Bonchev–Trinajstić information content (AvgIpc) is 3.52. The molecule has 0 radical (unpaired) electrons. The van der Waals surface area contributed by atoms with Gasteiger partial charge in [-0.25, -0.2) is 9.78 Å². The molecular formula is C27H21N3O6. The Bertz CT molecular complexity index is 1540. The lowest BCUT2D eigenvalue weighted by molar-refractivity contribution is -0.384. The number of allylic oxidation sites excluding steroid dienone is 1. The Morgan fingerprint density at radius 1 is 1.17 bits per heavy atom. The molecule has 0 bridgehead atoms. The number of aryl methyl sites for hydroxylation is 1. The molecule has 9 heteroatoms. The van der Waals surface area contributed by atoms with Crippen molar-refractivity contribution in [1.29, 1.82) is 0 Å². The summed E-state index contributed by atoms with van der Waals surface area (Å²) in [5.41, 5.74) is 4.38. The minimum Gasteiger partial charge on any atom is -0.465 e. The highest BCUT2D eigenvalue weighted by molar-refractivity contribution is 6.08. The van der Waals surface area contributed by atoms with Gasteiger partial charge in [0.15, 0.2) is 6.61 Å². The Balaban J connectivity index is 1.38. The average molecular weight is 483 g/mol. The van der Waals surface area contributed by atoms with Crippen LogP contribution in [0.5, 0.6) is 0 Å². The number of ether oxygens (including phenoxy) is 1. The monoisotopic (exact) mass is 483 g/mol. The van der Waals surface area contributed by atoms with E-state index in [0.717, 1.165) is 16.8 Å². The van der Waals surface area contributed by atoms with E-state index in [1.807, 2.05) is 42.5 Å². The number of esters is 1. The fourth-order valence-corrected chi connectivity index (χ4v) is 4.35. The summed E-state index contributed by atoms with van der Waals surface area (Å²) in [5.74, 6) is -0.455. The molecule has 0 saturated carbocycles. The van der Waals surface area contributed by atoms with Crippen LogP contribution < -0.4 is 5.32 Å². The number of nitrogens with zero attached hydrogens (tertiary/aromatic N) is 2. The molecule has 5 rings (SSSR count). The van der Waals surface area contributed by atoms with Crippen LogP contribution in [0.4, 0.5) is 11.4 Å². The highest BCUT2D eigenvalue weighted by atomic mass is 16.6. The maximum Gasteiger partial charge on any atom is 0.339 e. The van der Waals surface area contributed by atoms with Crippen LogP contribution in [0.15, 0.2) is 65.3 Å². The summed E-state index contributed by atoms with van der Waals surface area (Å²) >= 11 is 0. The molecule has 0 unspecified atom stereocenters. The first-order chi connectivity index (χ1) is 17.4. The molecule has 2 aromatic heterocycles. The lowest BCUT2D eigenvalue weighted by Crippen LogP contribution is -2.22. The summed E-state index contributed by atoms with van der Waals surface area (Å²) in [6, 6.07) is 15.1. The molecule has 0 atom stereocenters. The molecule has 1 N–H and O–H groups in total. The van der Waals surface area contributed by atoms with E-state index < -0.39 is 23.4 Å². The normalized spacial score (nSPS) is 13.5. The first-order valence-electron chi connectivity index (χ1n) is 11.3. The molecular weight excluding hydrogens is 462 g/mol. The number of nitro groups is 1. The molecule has 36 heavy (non-hydrogen) atoms. The fraction of sp³-hybridized carbons (Fsp3) is 0.148. The maximum absolute atomic E-state index is 13.2. The number of hydrogen-bond acceptors (Lipinski definition) is 7. The van der Waals surface area contributed by atoms with E-state index >= 15 is 0 Å². The van der Waals surface area contributed by atoms with Gasteiger partial charge in [0.25, 0.3) is 11.6 Å². The topological polar surface area (TPSA) is 125 Å². The van der Waals surface area contributed by atoms with Gasteiger partial charge in [0.05, 0.1) is 28.0 Å². The number of nitrogens with one attached hydrogen (secondary N) is 1. The number of furan rings is 1. The smallest absolute Gasteiger partial charge is 0.339 e. The van der Waals surface area contributed by atoms with E-state index in [1.165, 1.54) is 18.2 Å². The van der Waals surface area contributed by atoms with E-state index in [-0.39, 0.29) is 5.69 Å². The number of anilines is 1. The van der Waals surface area contributed by atoms with Crippen LogP contribution >= 0.6 is 0 Å². The minimum atomic E-state index is -0.611. The van der Waals surface area contributed by atoms with Gasteiger partial charge in [0.2, 0.25) is 0 Å². The van der Waals surface area contributed by atoms with Crippen molar-refractivity contribution >= 4 is 45.8 Å². The number of carbonyl (C=O) groups excluding carboxylic acids is 2. The number of benzene rings is 2. The Hall–Kier alpha value is -4.79. The third-order valence-electron chi connectivity index (χ3n) is 6.03. The van der Waals surface area contributed by atoms with Gasteiger partial charge in [-0.3, -0.25) is 14.9 Å². The second kappa shape index (κ2) is 9.46. The van der Waals surface area contributed by atoms with Gasteiger partial charge in [0.1, 0.15) is 5.76 Å². The molecule has 1 aliphatic rings. The first-order valence-corrected chi connectivity index (χ1v) is 11.3. The highest BCUT2D eigenvalue weighted by Gasteiger charge is 2.28. The van der Waals surface area contributed by atoms with Gasteiger partial charge in [-0.15, -0.1) is 0 Å². The third kappa shape index (κ3) is 4.46. The van der Waals surface area contributed by atoms with Crippen molar-refractivity contribution < 1.29 is 23.7 Å². The lowest BCUT2D eigenvalue weighted by atomic mass is 10.0. The van der Waals surface area contributed by atoms with Crippen molar-refractivity contribution in [3.8, 4) is 0 Å². The number of aromatic nitrogens is 1. The molecule has 2 aromatic carbocycles. The summed E-state index contributed by atoms with van der Waals surface area (Å²) in [6.07, 6.45) is 4.82. The van der Waals surface area contributed by atoms with Crippen molar-refractivity contribution in [3.05, 3.63) is 99.1 Å². The van der Waals surface area contributed by atoms with Gasteiger partial charge < -0.3 is 14.5 Å². The number of amides is 1. The first kappa shape index (κ1) is 23.0. The zero-order chi connectivity index (χ0) is 25.2. The number of fused-ring (bicyclic) bond motifs is 2. The van der Waals surface area contributed by atoms with Crippen LogP contribution in [0.3, 0.4) is 0 Å². The van der Waals surface area contributed by atoms with Gasteiger partial charge in [-0.05, 0) is 66.8 Å². The molecule has 0 saturated heterocycles. The Kier molecular flexibility index (Phi) is 6.03. The Morgan fingerprint density at radius 2 is 2.00 bits per heavy atom. The fourth-order valence-electron chi connectivity index (χ4n) is 4.35. The zero-order valence-electron chi connectivity index (χ0n) is 19.3. The zero-order valence-corrected chi connectivity index (χ0v) is 19.3.